The van der Waals surface area contributed by atoms with Crippen molar-refractivity contribution < 1.29 is 9.53 Å². The van der Waals surface area contributed by atoms with E-state index in [0.29, 0.717) is 22.6 Å². The summed E-state index contributed by atoms with van der Waals surface area (Å²) in [5.41, 5.74) is 3.28. The summed E-state index contributed by atoms with van der Waals surface area (Å²) in [7, 11) is 1.72. The quantitative estimate of drug-likeness (QED) is 0.430. The maximum Gasteiger partial charge on any atom is 0.253 e. The normalized spacial score (nSPS) is 14.2. The number of halogens is 1. The summed E-state index contributed by atoms with van der Waals surface area (Å²) >= 11 is 5.98. The number of ether oxygens (including phenoxy) is 1. The van der Waals surface area contributed by atoms with E-state index in [4.69, 9.17) is 16.3 Å². The molecule has 1 aliphatic heterocycles. The predicted molar refractivity (Wildman–Crippen MR) is 136 cm³/mol. The monoisotopic (exact) mass is 479 g/mol. The molecule has 2 N–H and O–H groups in total. The van der Waals surface area contributed by atoms with E-state index in [1.54, 1.807) is 13.3 Å². The molecule has 4 rings (SSSR count). The lowest BCUT2D eigenvalue weighted by Crippen LogP contribution is -2.45. The van der Waals surface area contributed by atoms with Crippen molar-refractivity contribution in [3.8, 4) is 11.3 Å². The molecular weight excluding hydrogens is 450 g/mol. The van der Waals surface area contributed by atoms with E-state index in [9.17, 15) is 4.79 Å². The molecule has 1 aliphatic rings. The number of carbonyl (C=O) groups is 1. The van der Waals surface area contributed by atoms with Gasteiger partial charge in [0.1, 0.15) is 0 Å². The Bertz CT molecular complexity index is 1070. The number of rotatable bonds is 9. The number of nitrogens with zero attached hydrogens (tertiary/aromatic N) is 3. The average Bonchev–Trinajstić information content (AvgIpc) is 2.88. The summed E-state index contributed by atoms with van der Waals surface area (Å²) in [6, 6.07) is 17.3. The van der Waals surface area contributed by atoms with Crippen LogP contribution in [-0.2, 0) is 4.74 Å². The van der Waals surface area contributed by atoms with Crippen LogP contribution in [0.1, 0.15) is 29.6 Å². The van der Waals surface area contributed by atoms with Crippen molar-refractivity contribution in [2.24, 2.45) is 0 Å². The second-order valence-corrected chi connectivity index (χ2v) is 8.78. The van der Waals surface area contributed by atoms with Gasteiger partial charge in [-0.05, 0) is 68.3 Å². The Hall–Kier alpha value is -3.00. The average molecular weight is 480 g/mol. The summed E-state index contributed by atoms with van der Waals surface area (Å²) in [6.07, 6.45) is 4.67. The van der Waals surface area contributed by atoms with Crippen LogP contribution in [0.5, 0.6) is 0 Å². The maximum absolute atomic E-state index is 12.9. The molecule has 0 saturated carbocycles. The number of piperidine rings is 1. The van der Waals surface area contributed by atoms with E-state index >= 15 is 0 Å². The minimum atomic E-state index is 0.0744. The first kappa shape index (κ1) is 24.1. The Labute approximate surface area is 205 Å². The topological polar surface area (TPSA) is 79.4 Å². The second kappa shape index (κ2) is 11.9. The Morgan fingerprint density at radius 3 is 2.53 bits per heavy atom. The van der Waals surface area contributed by atoms with Gasteiger partial charge in [-0.2, -0.15) is 0 Å². The lowest BCUT2D eigenvalue weighted by Gasteiger charge is -2.32. The number of carbonyl (C=O) groups excluding carboxylic acids is 1. The third-order valence-electron chi connectivity index (χ3n) is 5.92. The number of hydrogen-bond acceptors (Lipinski definition) is 6. The van der Waals surface area contributed by atoms with Crippen molar-refractivity contribution >= 4 is 29.1 Å². The van der Waals surface area contributed by atoms with Crippen molar-refractivity contribution in [3.05, 3.63) is 71.4 Å². The molecule has 1 fully saturated rings. The van der Waals surface area contributed by atoms with Gasteiger partial charge in [-0.15, -0.1) is 0 Å². The zero-order valence-electron chi connectivity index (χ0n) is 19.3. The molecule has 0 aliphatic carbocycles. The molecule has 8 heteroatoms. The van der Waals surface area contributed by atoms with Crippen molar-refractivity contribution in [2.75, 3.05) is 38.7 Å². The molecule has 3 aromatic rings. The highest BCUT2D eigenvalue weighted by atomic mass is 35.5. The summed E-state index contributed by atoms with van der Waals surface area (Å²) in [5, 5.41) is 7.46. The van der Waals surface area contributed by atoms with Crippen LogP contribution in [0.2, 0.25) is 5.02 Å². The highest BCUT2D eigenvalue weighted by Crippen LogP contribution is 2.22. The number of methoxy groups -OCH3 is 1. The molecule has 7 nitrogen and oxygen atoms in total. The summed E-state index contributed by atoms with van der Waals surface area (Å²) in [6.45, 7) is 3.26. The van der Waals surface area contributed by atoms with E-state index in [1.807, 2.05) is 59.5 Å². The van der Waals surface area contributed by atoms with E-state index < -0.39 is 0 Å². The lowest BCUT2D eigenvalue weighted by atomic mass is 10.0. The van der Waals surface area contributed by atoms with Gasteiger partial charge in [0.25, 0.3) is 5.91 Å². The molecule has 0 spiro atoms. The number of amides is 1. The fourth-order valence-electron chi connectivity index (χ4n) is 4.02. The molecule has 0 bridgehead atoms. The fraction of sp³-hybridized carbons (Fsp3) is 0.346. The Morgan fingerprint density at radius 2 is 1.82 bits per heavy atom. The number of aromatic nitrogens is 2. The number of likely N-dealkylation sites (tertiary alicyclic amines) is 1. The van der Waals surface area contributed by atoms with E-state index in [1.165, 1.54) is 0 Å². The van der Waals surface area contributed by atoms with E-state index in [0.717, 1.165) is 62.4 Å². The van der Waals surface area contributed by atoms with Gasteiger partial charge >= 0.3 is 0 Å². The van der Waals surface area contributed by atoms with Crippen molar-refractivity contribution in [3.63, 3.8) is 0 Å². The third-order valence-corrected chi connectivity index (χ3v) is 6.18. The molecule has 1 saturated heterocycles. The second-order valence-electron chi connectivity index (χ2n) is 8.34. The lowest BCUT2D eigenvalue weighted by molar-refractivity contribution is 0.0704. The van der Waals surface area contributed by atoms with Crippen LogP contribution < -0.4 is 10.6 Å². The van der Waals surface area contributed by atoms with Gasteiger partial charge in [0.05, 0.1) is 5.69 Å². The van der Waals surface area contributed by atoms with Crippen molar-refractivity contribution in [1.29, 1.82) is 0 Å². The maximum atomic E-state index is 12.9. The highest BCUT2D eigenvalue weighted by Gasteiger charge is 2.23. The number of hydrogen-bond donors (Lipinski definition) is 2. The molecule has 1 aromatic heterocycles. The minimum absolute atomic E-state index is 0.0744. The predicted octanol–water partition coefficient (Wildman–Crippen LogP) is 4.77. The first-order valence-corrected chi connectivity index (χ1v) is 12.0. The SMILES string of the molecule is COCCCNC1CCN(C(=O)c2ccc(Nc3nccc(-c4ccc(Cl)cc4)n3)cc2)CC1. The molecule has 0 unspecified atom stereocenters. The van der Waals surface area contributed by atoms with Gasteiger partial charge in [-0.3, -0.25) is 4.79 Å². The van der Waals surface area contributed by atoms with Gasteiger partial charge in [0.2, 0.25) is 5.95 Å². The van der Waals surface area contributed by atoms with Gasteiger partial charge in [-0.1, -0.05) is 23.7 Å². The number of anilines is 2. The number of benzene rings is 2. The largest absolute Gasteiger partial charge is 0.385 e. The van der Waals surface area contributed by atoms with Crippen LogP contribution in [0, 0.1) is 0 Å². The first-order chi connectivity index (χ1) is 16.6. The van der Waals surface area contributed by atoms with Gasteiger partial charge in [0.15, 0.2) is 0 Å². The molecule has 1 amide bonds. The van der Waals surface area contributed by atoms with Crippen LogP contribution in [0.4, 0.5) is 11.6 Å². The standard InChI is InChI=1S/C26H30ClN5O2/c1-34-18-2-14-28-22-12-16-32(17-13-22)25(33)20-5-9-23(10-6-20)30-26-29-15-11-24(31-26)19-3-7-21(27)8-4-19/h3-11,15,22,28H,2,12-14,16-18H2,1H3,(H,29,30,31). The smallest absolute Gasteiger partial charge is 0.253 e. The van der Waals surface area contributed by atoms with E-state index in [-0.39, 0.29) is 5.91 Å². The zero-order valence-corrected chi connectivity index (χ0v) is 20.1. The number of nitrogens with one attached hydrogen (secondary N) is 2. The summed E-state index contributed by atoms with van der Waals surface area (Å²) < 4.78 is 5.09. The fourth-order valence-corrected chi connectivity index (χ4v) is 4.14. The minimum Gasteiger partial charge on any atom is -0.385 e. The van der Waals surface area contributed by atoms with Crippen molar-refractivity contribution in [2.45, 2.75) is 25.3 Å². The van der Waals surface area contributed by atoms with E-state index in [2.05, 4.69) is 20.6 Å². The first-order valence-electron chi connectivity index (χ1n) is 11.6. The molecule has 2 aromatic carbocycles. The highest BCUT2D eigenvalue weighted by molar-refractivity contribution is 6.30. The summed E-state index contributed by atoms with van der Waals surface area (Å²) in [5.74, 6) is 0.567. The summed E-state index contributed by atoms with van der Waals surface area (Å²) in [4.78, 5) is 23.8. The van der Waals surface area contributed by atoms with Crippen LogP contribution in [0.15, 0.2) is 60.8 Å². The molecule has 0 atom stereocenters. The van der Waals surface area contributed by atoms with Crippen LogP contribution in [0.25, 0.3) is 11.3 Å². The van der Waals surface area contributed by atoms with Crippen LogP contribution in [0.3, 0.4) is 0 Å². The molecular formula is C26H30ClN5O2. The Morgan fingerprint density at radius 1 is 1.09 bits per heavy atom. The zero-order chi connectivity index (χ0) is 23.8. The Balaban J connectivity index is 1.31. The molecule has 34 heavy (non-hydrogen) atoms. The van der Waals surface area contributed by atoms with Crippen molar-refractivity contribution in [1.82, 2.24) is 20.2 Å². The van der Waals surface area contributed by atoms with Crippen LogP contribution in [-0.4, -0.2) is 60.2 Å². The Kier molecular flexibility index (Phi) is 8.46. The molecule has 178 valence electrons. The molecule has 2 heterocycles. The van der Waals surface area contributed by atoms with Gasteiger partial charge in [-0.25, -0.2) is 9.97 Å². The van der Waals surface area contributed by atoms with Crippen LogP contribution >= 0.6 is 11.6 Å². The van der Waals surface area contributed by atoms with Gasteiger partial charge < -0.3 is 20.3 Å². The third kappa shape index (κ3) is 6.53. The van der Waals surface area contributed by atoms with Gasteiger partial charge in [0, 0.05) is 60.9 Å². The molecule has 0 radical (unpaired) electrons.